The van der Waals surface area contributed by atoms with Crippen LogP contribution < -0.4 is 10.6 Å². The van der Waals surface area contributed by atoms with Gasteiger partial charge in [-0.25, -0.2) is 4.79 Å². The third-order valence-electron chi connectivity index (χ3n) is 1.86. The Balaban J connectivity index is 2.73. The first-order chi connectivity index (χ1) is 7.28. The fourth-order valence-corrected chi connectivity index (χ4v) is 1.57. The van der Waals surface area contributed by atoms with Crippen LogP contribution in [0.25, 0.3) is 0 Å². The number of carbonyl (C=O) groups excluding carboxylic acids is 1. The number of benzene rings is 1. The third kappa shape index (κ3) is 4.23. The Hall–Kier alpha value is -1.03. The first-order valence-corrected chi connectivity index (χ1v) is 5.92. The van der Waals surface area contributed by atoms with Crippen molar-refractivity contribution in [3.63, 3.8) is 0 Å². The van der Waals surface area contributed by atoms with Crippen LogP contribution in [-0.4, -0.2) is 11.6 Å². The molecule has 4 heteroatoms. The number of urea groups is 1. The summed E-state index contributed by atoms with van der Waals surface area (Å²) < 4.78 is 0.877. The lowest BCUT2D eigenvalue weighted by Crippen LogP contribution is -2.43. The highest BCUT2D eigenvalue weighted by atomic mass is 79.9. The Morgan fingerprint density at radius 1 is 1.31 bits per heavy atom. The van der Waals surface area contributed by atoms with E-state index in [2.05, 4.69) is 26.6 Å². The van der Waals surface area contributed by atoms with Gasteiger partial charge in [0.2, 0.25) is 0 Å². The van der Waals surface area contributed by atoms with Crippen LogP contribution in [0.4, 0.5) is 10.5 Å². The van der Waals surface area contributed by atoms with Gasteiger partial charge >= 0.3 is 6.03 Å². The Bertz CT molecular complexity index is 396. The third-order valence-corrected chi connectivity index (χ3v) is 2.55. The normalized spacial score (nSPS) is 11.1. The molecule has 3 nitrogen and oxygen atoms in total. The zero-order valence-corrected chi connectivity index (χ0v) is 11.6. The summed E-state index contributed by atoms with van der Waals surface area (Å²) in [5.74, 6) is 0. The molecule has 0 saturated carbocycles. The topological polar surface area (TPSA) is 41.1 Å². The molecule has 0 radical (unpaired) electrons. The Kier molecular flexibility index (Phi) is 3.97. The molecule has 0 heterocycles. The monoisotopic (exact) mass is 284 g/mol. The van der Waals surface area contributed by atoms with Gasteiger partial charge in [0.15, 0.2) is 0 Å². The van der Waals surface area contributed by atoms with E-state index in [1.807, 2.05) is 45.9 Å². The van der Waals surface area contributed by atoms with Crippen LogP contribution in [0.2, 0.25) is 0 Å². The number of hydrogen-bond acceptors (Lipinski definition) is 1. The summed E-state index contributed by atoms with van der Waals surface area (Å²) in [6.07, 6.45) is 0. The van der Waals surface area contributed by atoms with Crippen LogP contribution in [0.3, 0.4) is 0 Å². The van der Waals surface area contributed by atoms with E-state index in [4.69, 9.17) is 0 Å². The van der Waals surface area contributed by atoms with Crippen LogP contribution in [0.1, 0.15) is 26.3 Å². The molecule has 88 valence electrons. The number of carbonyl (C=O) groups is 1. The first-order valence-electron chi connectivity index (χ1n) is 5.13. The van der Waals surface area contributed by atoms with Crippen molar-refractivity contribution in [2.45, 2.75) is 33.2 Å². The quantitative estimate of drug-likeness (QED) is 0.812. The second-order valence-corrected chi connectivity index (χ2v) is 5.67. The first kappa shape index (κ1) is 13.0. The van der Waals surface area contributed by atoms with E-state index >= 15 is 0 Å². The van der Waals surface area contributed by atoms with Crippen molar-refractivity contribution in [3.05, 3.63) is 28.2 Å². The van der Waals surface area contributed by atoms with Crippen molar-refractivity contribution in [1.29, 1.82) is 0 Å². The smallest absolute Gasteiger partial charge is 0.319 e. The van der Waals surface area contributed by atoms with E-state index in [9.17, 15) is 4.79 Å². The minimum atomic E-state index is -0.236. The average molecular weight is 285 g/mol. The number of rotatable bonds is 1. The lowest BCUT2D eigenvalue weighted by molar-refractivity contribution is 0.244. The summed E-state index contributed by atoms with van der Waals surface area (Å²) in [7, 11) is 0. The van der Waals surface area contributed by atoms with Crippen LogP contribution in [0.5, 0.6) is 0 Å². The molecule has 0 saturated heterocycles. The van der Waals surface area contributed by atoms with Gasteiger partial charge in [0.1, 0.15) is 0 Å². The van der Waals surface area contributed by atoms with E-state index in [1.54, 1.807) is 0 Å². The van der Waals surface area contributed by atoms with Crippen molar-refractivity contribution in [2.24, 2.45) is 0 Å². The highest BCUT2D eigenvalue weighted by Crippen LogP contribution is 2.23. The van der Waals surface area contributed by atoms with Gasteiger partial charge < -0.3 is 10.6 Å². The molecule has 0 aromatic heterocycles. The molecule has 1 rings (SSSR count). The van der Waals surface area contributed by atoms with Crippen molar-refractivity contribution < 1.29 is 4.79 Å². The number of amides is 2. The molecule has 0 fully saturated rings. The largest absolute Gasteiger partial charge is 0.333 e. The molecule has 0 bridgehead atoms. The van der Waals surface area contributed by atoms with Gasteiger partial charge in [0, 0.05) is 10.0 Å². The maximum atomic E-state index is 11.6. The van der Waals surface area contributed by atoms with Gasteiger partial charge in [-0.05, 0) is 61.3 Å². The van der Waals surface area contributed by atoms with Gasteiger partial charge in [-0.2, -0.15) is 0 Å². The van der Waals surface area contributed by atoms with Crippen molar-refractivity contribution in [1.82, 2.24) is 5.32 Å². The molecule has 2 N–H and O–H groups in total. The molecule has 2 amide bonds. The molecule has 0 aliphatic rings. The summed E-state index contributed by atoms with van der Waals surface area (Å²) in [5, 5.41) is 5.65. The lowest BCUT2D eigenvalue weighted by Gasteiger charge is -2.21. The lowest BCUT2D eigenvalue weighted by atomic mass is 10.1. The molecular weight excluding hydrogens is 268 g/mol. The molecule has 0 unspecified atom stereocenters. The van der Waals surface area contributed by atoms with E-state index in [0.717, 1.165) is 15.7 Å². The van der Waals surface area contributed by atoms with E-state index in [0.29, 0.717) is 0 Å². The van der Waals surface area contributed by atoms with Gasteiger partial charge in [-0.15, -0.1) is 0 Å². The van der Waals surface area contributed by atoms with Crippen LogP contribution >= 0.6 is 15.9 Å². The zero-order valence-electron chi connectivity index (χ0n) is 10.0. The maximum absolute atomic E-state index is 11.6. The number of halogens is 1. The fourth-order valence-electron chi connectivity index (χ4n) is 1.23. The van der Waals surface area contributed by atoms with Gasteiger partial charge in [0.25, 0.3) is 0 Å². The van der Waals surface area contributed by atoms with Gasteiger partial charge in [-0.3, -0.25) is 0 Å². The Morgan fingerprint density at radius 3 is 2.50 bits per heavy atom. The predicted octanol–water partition coefficient (Wildman–Crippen LogP) is 3.68. The molecular formula is C12H17BrN2O. The molecule has 0 spiro atoms. The predicted molar refractivity (Wildman–Crippen MR) is 70.8 cm³/mol. The second-order valence-electron chi connectivity index (χ2n) is 4.81. The summed E-state index contributed by atoms with van der Waals surface area (Å²) in [5.41, 5.74) is 1.65. The van der Waals surface area contributed by atoms with Crippen molar-refractivity contribution in [3.8, 4) is 0 Å². The van der Waals surface area contributed by atoms with Gasteiger partial charge in [0.05, 0.1) is 5.69 Å². The van der Waals surface area contributed by atoms with E-state index < -0.39 is 0 Å². The maximum Gasteiger partial charge on any atom is 0.319 e. The fraction of sp³-hybridized carbons (Fsp3) is 0.417. The number of nitrogens with one attached hydrogen (secondary N) is 2. The molecule has 0 atom stereocenters. The van der Waals surface area contributed by atoms with Gasteiger partial charge in [-0.1, -0.05) is 6.07 Å². The summed E-state index contributed by atoms with van der Waals surface area (Å²) >= 11 is 3.40. The van der Waals surface area contributed by atoms with Crippen LogP contribution in [0, 0.1) is 6.92 Å². The van der Waals surface area contributed by atoms with Crippen molar-refractivity contribution in [2.75, 3.05) is 5.32 Å². The summed E-state index contributed by atoms with van der Waals surface area (Å²) in [4.78, 5) is 11.6. The molecule has 0 aliphatic heterocycles. The minimum Gasteiger partial charge on any atom is -0.333 e. The molecule has 0 aliphatic carbocycles. The van der Waals surface area contributed by atoms with Crippen LogP contribution in [-0.2, 0) is 0 Å². The number of aryl methyl sites for hydroxylation is 1. The highest BCUT2D eigenvalue weighted by molar-refractivity contribution is 9.10. The van der Waals surface area contributed by atoms with E-state index in [-0.39, 0.29) is 11.6 Å². The molecule has 1 aromatic rings. The van der Waals surface area contributed by atoms with Crippen molar-refractivity contribution >= 4 is 27.6 Å². The minimum absolute atomic E-state index is 0.196. The summed E-state index contributed by atoms with van der Waals surface area (Å²) in [6, 6.07) is 5.63. The van der Waals surface area contributed by atoms with E-state index in [1.165, 1.54) is 0 Å². The number of hydrogen-bond donors (Lipinski definition) is 2. The summed E-state index contributed by atoms with van der Waals surface area (Å²) in [6.45, 7) is 7.81. The second kappa shape index (κ2) is 4.87. The highest BCUT2D eigenvalue weighted by Gasteiger charge is 2.14. The molecule has 1 aromatic carbocycles. The Labute approximate surface area is 105 Å². The SMILES string of the molecule is Cc1ccc(Br)c(NC(=O)NC(C)(C)C)c1. The number of anilines is 1. The standard InChI is InChI=1S/C12H17BrN2O/c1-8-5-6-9(13)10(7-8)14-11(16)15-12(2,3)4/h5-7H,1-4H3,(H2,14,15,16). The van der Waals surface area contributed by atoms with Crippen LogP contribution in [0.15, 0.2) is 22.7 Å². The molecule has 16 heavy (non-hydrogen) atoms. The average Bonchev–Trinajstić information content (AvgIpc) is 2.08. The zero-order chi connectivity index (χ0) is 12.3. The Morgan fingerprint density at radius 2 is 1.94 bits per heavy atom.